The van der Waals surface area contributed by atoms with Crippen LogP contribution in [0.3, 0.4) is 0 Å². The van der Waals surface area contributed by atoms with Crippen molar-refractivity contribution in [3.8, 4) is 23.3 Å². The lowest BCUT2D eigenvalue weighted by atomic mass is 10.1. The smallest absolute Gasteiger partial charge is 0.247 e. The highest BCUT2D eigenvalue weighted by Gasteiger charge is 2.29. The molecule has 1 amide bonds. The van der Waals surface area contributed by atoms with Gasteiger partial charge in [-0.05, 0) is 57.8 Å². The summed E-state index contributed by atoms with van der Waals surface area (Å²) in [6, 6.07) is 8.98. The number of aromatic nitrogens is 2. The van der Waals surface area contributed by atoms with Crippen LogP contribution in [0.2, 0.25) is 0 Å². The predicted molar refractivity (Wildman–Crippen MR) is 178 cm³/mol. The van der Waals surface area contributed by atoms with Gasteiger partial charge in [-0.15, -0.1) is 0 Å². The Morgan fingerprint density at radius 2 is 2.02 bits per heavy atom. The van der Waals surface area contributed by atoms with Crippen molar-refractivity contribution in [1.29, 1.82) is 5.26 Å². The van der Waals surface area contributed by atoms with Crippen LogP contribution in [-0.4, -0.2) is 89.8 Å². The Bertz CT molecular complexity index is 1830. The van der Waals surface area contributed by atoms with E-state index < -0.39 is 10.0 Å². The van der Waals surface area contributed by atoms with Gasteiger partial charge in [-0.25, -0.2) is 18.1 Å². The SMILES string of the molecule is C=CC(=O)Nc1cc(Nc2ncc(C#N)c(Nc3ccc4c(c3S(=O)(=O)NC)OCCO4)n2)c(OC)cc1N(C)CC1CCCN1C. The molecule has 1 fully saturated rings. The molecule has 1 unspecified atom stereocenters. The van der Waals surface area contributed by atoms with Crippen molar-refractivity contribution < 1.29 is 27.4 Å². The van der Waals surface area contributed by atoms with E-state index in [2.05, 4.69) is 54.1 Å². The second-order valence-corrected chi connectivity index (χ2v) is 12.7. The van der Waals surface area contributed by atoms with Gasteiger partial charge in [-0.3, -0.25) is 4.79 Å². The van der Waals surface area contributed by atoms with Gasteiger partial charge in [0, 0.05) is 25.7 Å². The molecule has 2 aromatic carbocycles. The maximum atomic E-state index is 13.1. The maximum Gasteiger partial charge on any atom is 0.247 e. The summed E-state index contributed by atoms with van der Waals surface area (Å²) in [7, 11) is 2.83. The molecule has 1 saturated heterocycles. The van der Waals surface area contributed by atoms with Gasteiger partial charge in [0.1, 0.15) is 30.6 Å². The summed E-state index contributed by atoms with van der Waals surface area (Å²) in [5.41, 5.74) is 1.83. The second-order valence-electron chi connectivity index (χ2n) is 10.9. The molecule has 2 aliphatic rings. The Hall–Kier alpha value is -5.11. The summed E-state index contributed by atoms with van der Waals surface area (Å²) in [6.45, 7) is 5.79. The van der Waals surface area contributed by atoms with E-state index in [9.17, 15) is 18.5 Å². The van der Waals surface area contributed by atoms with Crippen LogP contribution in [0.5, 0.6) is 17.2 Å². The zero-order chi connectivity index (χ0) is 33.7. The van der Waals surface area contributed by atoms with Crippen LogP contribution in [0.25, 0.3) is 0 Å². The topological polar surface area (TPSA) is 183 Å². The lowest BCUT2D eigenvalue weighted by molar-refractivity contribution is -0.111. The molecule has 248 valence electrons. The lowest BCUT2D eigenvalue weighted by Crippen LogP contribution is -2.37. The fraction of sp³-hybridized carbons (Fsp3) is 0.355. The van der Waals surface area contributed by atoms with Crippen LogP contribution in [0.4, 0.5) is 34.5 Å². The molecule has 0 bridgehead atoms. The number of carbonyl (C=O) groups excluding carboxylic acids is 1. The average Bonchev–Trinajstić information content (AvgIpc) is 3.48. The minimum absolute atomic E-state index is 0.0328. The van der Waals surface area contributed by atoms with E-state index in [0.29, 0.717) is 23.2 Å². The second kappa shape index (κ2) is 14.1. The highest BCUT2D eigenvalue weighted by Crippen LogP contribution is 2.43. The maximum absolute atomic E-state index is 13.1. The lowest BCUT2D eigenvalue weighted by Gasteiger charge is -2.29. The first-order chi connectivity index (χ1) is 22.6. The molecule has 1 aromatic heterocycles. The summed E-state index contributed by atoms with van der Waals surface area (Å²) < 4.78 is 45.4. The van der Waals surface area contributed by atoms with Crippen LogP contribution < -0.4 is 39.8 Å². The molecule has 47 heavy (non-hydrogen) atoms. The summed E-state index contributed by atoms with van der Waals surface area (Å²) in [4.78, 5) is 25.4. The minimum atomic E-state index is -4.04. The fourth-order valence-electron chi connectivity index (χ4n) is 5.48. The third kappa shape index (κ3) is 7.17. The number of anilines is 6. The first-order valence-electron chi connectivity index (χ1n) is 14.8. The van der Waals surface area contributed by atoms with Gasteiger partial charge >= 0.3 is 0 Å². The van der Waals surface area contributed by atoms with Crippen molar-refractivity contribution in [2.45, 2.75) is 23.8 Å². The molecular formula is C31H37N9O6S. The van der Waals surface area contributed by atoms with Gasteiger partial charge in [-0.1, -0.05) is 6.58 Å². The number of hydrogen-bond acceptors (Lipinski definition) is 13. The van der Waals surface area contributed by atoms with Crippen LogP contribution in [-0.2, 0) is 14.8 Å². The molecule has 5 rings (SSSR count). The van der Waals surface area contributed by atoms with E-state index in [-0.39, 0.29) is 58.5 Å². The van der Waals surface area contributed by atoms with E-state index in [1.54, 1.807) is 12.1 Å². The van der Waals surface area contributed by atoms with Crippen LogP contribution in [0, 0.1) is 11.3 Å². The molecule has 1 atom stereocenters. The summed E-state index contributed by atoms with van der Waals surface area (Å²) >= 11 is 0. The Kier molecular flexibility index (Phi) is 9.99. The quantitative estimate of drug-likeness (QED) is 0.208. The molecule has 2 aliphatic heterocycles. The number of fused-ring (bicyclic) bond motifs is 1. The summed E-state index contributed by atoms with van der Waals surface area (Å²) in [5.74, 6) is 0.476. The average molecular weight is 664 g/mol. The molecule has 0 spiro atoms. The Morgan fingerprint density at radius 1 is 1.23 bits per heavy atom. The number of ether oxygens (including phenoxy) is 3. The number of benzene rings is 2. The Balaban J connectivity index is 1.51. The number of sulfonamides is 1. The molecule has 15 nitrogen and oxygen atoms in total. The van der Waals surface area contributed by atoms with E-state index in [1.165, 1.54) is 32.5 Å². The number of methoxy groups -OCH3 is 1. The van der Waals surface area contributed by atoms with E-state index in [0.717, 1.165) is 31.6 Å². The number of rotatable bonds is 12. The molecule has 0 saturated carbocycles. The van der Waals surface area contributed by atoms with Gasteiger partial charge in [0.05, 0.1) is 36.1 Å². The zero-order valence-electron chi connectivity index (χ0n) is 26.6. The van der Waals surface area contributed by atoms with Crippen LogP contribution in [0.1, 0.15) is 18.4 Å². The number of nitrogens with zero attached hydrogens (tertiary/aromatic N) is 5. The van der Waals surface area contributed by atoms with E-state index in [1.807, 2.05) is 19.2 Å². The summed E-state index contributed by atoms with van der Waals surface area (Å²) in [6.07, 6.45) is 4.69. The fourth-order valence-corrected chi connectivity index (χ4v) is 6.50. The van der Waals surface area contributed by atoms with Crippen molar-refractivity contribution in [3.63, 3.8) is 0 Å². The van der Waals surface area contributed by atoms with Crippen molar-refractivity contribution in [2.24, 2.45) is 0 Å². The van der Waals surface area contributed by atoms with Crippen molar-refractivity contribution in [1.82, 2.24) is 19.6 Å². The van der Waals surface area contributed by atoms with Gasteiger partial charge in [-0.2, -0.15) is 10.2 Å². The molecule has 3 heterocycles. The Morgan fingerprint density at radius 3 is 2.70 bits per heavy atom. The highest BCUT2D eigenvalue weighted by atomic mass is 32.2. The highest BCUT2D eigenvalue weighted by molar-refractivity contribution is 7.89. The minimum Gasteiger partial charge on any atom is -0.494 e. The van der Waals surface area contributed by atoms with Gasteiger partial charge in [0.15, 0.2) is 22.2 Å². The number of nitriles is 1. The molecule has 0 radical (unpaired) electrons. The number of amides is 1. The van der Waals surface area contributed by atoms with Gasteiger partial charge < -0.3 is 40.0 Å². The zero-order valence-corrected chi connectivity index (χ0v) is 27.4. The van der Waals surface area contributed by atoms with E-state index >= 15 is 0 Å². The third-order valence-electron chi connectivity index (χ3n) is 7.94. The normalized spacial score (nSPS) is 15.8. The van der Waals surface area contributed by atoms with E-state index in [4.69, 9.17) is 14.2 Å². The van der Waals surface area contributed by atoms with Crippen LogP contribution in [0.15, 0.2) is 48.0 Å². The number of carbonyl (C=O) groups is 1. The monoisotopic (exact) mass is 663 g/mol. The number of hydrogen-bond donors (Lipinski definition) is 4. The number of likely N-dealkylation sites (N-methyl/N-ethyl adjacent to an activating group) is 2. The van der Waals surface area contributed by atoms with Crippen molar-refractivity contribution in [2.75, 3.05) is 75.4 Å². The molecule has 0 aliphatic carbocycles. The van der Waals surface area contributed by atoms with Crippen molar-refractivity contribution >= 4 is 50.4 Å². The summed E-state index contributed by atoms with van der Waals surface area (Å²) in [5, 5.41) is 18.8. The van der Waals surface area contributed by atoms with Crippen LogP contribution >= 0.6 is 0 Å². The molecule has 3 aromatic rings. The number of likely N-dealkylation sites (tertiary alicyclic amines) is 1. The van der Waals surface area contributed by atoms with Crippen molar-refractivity contribution in [3.05, 3.63) is 48.7 Å². The first-order valence-corrected chi connectivity index (χ1v) is 16.3. The van der Waals surface area contributed by atoms with Gasteiger partial charge in [0.2, 0.25) is 21.9 Å². The standard InChI is InChI=1S/C31H37N9O6S/c1-6-27(41)35-22-14-23(26(44-5)15-24(22)40(4)18-20-8-7-11-39(20)3)37-31-34-17-19(16-32)30(38-31)36-21-9-10-25-28(46-13-12-45-25)29(21)47(42,43)33-2/h6,9-10,14-15,17,20,33H,1,7-8,11-13,18H2,2-5H3,(H,35,41)(H2,34,36,37,38). The third-order valence-corrected chi connectivity index (χ3v) is 9.42. The molecular weight excluding hydrogens is 626 g/mol. The number of nitrogens with one attached hydrogen (secondary N) is 4. The molecule has 4 N–H and O–H groups in total. The van der Waals surface area contributed by atoms with Gasteiger partial charge in [0.25, 0.3) is 0 Å². The largest absolute Gasteiger partial charge is 0.494 e. The first kappa shape index (κ1) is 33.3. The molecule has 16 heteroatoms. The predicted octanol–water partition coefficient (Wildman–Crippen LogP) is 3.18. The Labute approximate surface area is 273 Å².